The fourth-order valence-corrected chi connectivity index (χ4v) is 2.94. The van der Waals surface area contributed by atoms with E-state index in [1.807, 2.05) is 25.1 Å². The lowest BCUT2D eigenvalue weighted by Gasteiger charge is -2.14. The van der Waals surface area contributed by atoms with Crippen molar-refractivity contribution in [2.24, 2.45) is 0 Å². The Labute approximate surface area is 180 Å². The van der Waals surface area contributed by atoms with Crippen LogP contribution >= 0.6 is 0 Å². The van der Waals surface area contributed by atoms with E-state index in [9.17, 15) is 14.4 Å². The molecule has 3 rings (SSSR count). The molecule has 6 heteroatoms. The number of hydrogen-bond donors (Lipinski definition) is 1. The smallest absolute Gasteiger partial charge is 0.262 e. The van der Waals surface area contributed by atoms with Crippen LogP contribution in [-0.4, -0.2) is 19.6 Å². The molecule has 0 aliphatic rings. The number of halogens is 1. The van der Waals surface area contributed by atoms with Crippen LogP contribution in [0.3, 0.4) is 0 Å². The van der Waals surface area contributed by atoms with Gasteiger partial charge in [0.05, 0.1) is 18.8 Å². The Morgan fingerprint density at radius 3 is 2.52 bits per heavy atom. The van der Waals surface area contributed by atoms with E-state index in [4.69, 9.17) is 9.47 Å². The van der Waals surface area contributed by atoms with Gasteiger partial charge >= 0.3 is 0 Å². The summed E-state index contributed by atoms with van der Waals surface area (Å²) >= 11 is 0. The van der Waals surface area contributed by atoms with Gasteiger partial charge in [-0.15, -0.1) is 0 Å². The van der Waals surface area contributed by atoms with Crippen molar-refractivity contribution in [3.05, 3.63) is 89.2 Å². The highest BCUT2D eigenvalue weighted by molar-refractivity contribution is 5.93. The van der Waals surface area contributed by atoms with Crippen LogP contribution in [0.5, 0.6) is 11.5 Å². The average molecular weight is 416 g/mol. The molecule has 31 heavy (non-hydrogen) atoms. The van der Waals surface area contributed by atoms with Crippen molar-refractivity contribution >= 4 is 23.2 Å². The number of amides is 1. The Kier molecular flexibility index (Phi) is 7.02. The van der Waals surface area contributed by atoms with E-state index in [2.05, 4.69) is 5.32 Å². The maximum absolute atomic E-state index is 14.2. The molecule has 156 valence electrons. The number of nitriles is 1. The fraction of sp³-hybridized carbons (Fsp3) is 0.120. The first-order valence-electron chi connectivity index (χ1n) is 9.55. The van der Waals surface area contributed by atoms with Gasteiger partial charge in [-0.05, 0) is 37.3 Å². The molecule has 0 saturated heterocycles. The van der Waals surface area contributed by atoms with Crippen molar-refractivity contribution in [3.63, 3.8) is 0 Å². The average Bonchev–Trinajstić information content (AvgIpc) is 2.78. The lowest BCUT2D eigenvalue weighted by atomic mass is 10.0. The first-order chi connectivity index (χ1) is 15.0. The van der Waals surface area contributed by atoms with Crippen molar-refractivity contribution in [2.75, 3.05) is 19.0 Å². The van der Waals surface area contributed by atoms with E-state index < -0.39 is 5.82 Å². The molecule has 0 aliphatic carbocycles. The van der Waals surface area contributed by atoms with Crippen molar-refractivity contribution < 1.29 is 18.7 Å². The van der Waals surface area contributed by atoms with Gasteiger partial charge < -0.3 is 14.8 Å². The molecule has 0 spiro atoms. The fourth-order valence-electron chi connectivity index (χ4n) is 2.94. The number of allylic oxidation sites excluding steroid dienone is 1. The highest BCUT2D eigenvalue weighted by Crippen LogP contribution is 2.34. The van der Waals surface area contributed by atoms with Crippen molar-refractivity contribution in [1.29, 1.82) is 5.26 Å². The number of aryl methyl sites for hydroxylation is 1. The topological polar surface area (TPSA) is 71.3 Å². The molecule has 0 radical (unpaired) electrons. The first-order valence-corrected chi connectivity index (χ1v) is 9.55. The van der Waals surface area contributed by atoms with Crippen LogP contribution in [-0.2, 0) is 4.79 Å². The predicted molar refractivity (Wildman–Crippen MR) is 118 cm³/mol. The summed E-state index contributed by atoms with van der Waals surface area (Å²) in [5.41, 5.74) is 2.53. The quantitative estimate of drug-likeness (QED) is 0.423. The van der Waals surface area contributed by atoms with Crippen LogP contribution in [0.4, 0.5) is 10.1 Å². The SMILES string of the molecule is COc1cccc(C=C(C#N)c2ccccc2F)c1OCC(=O)Nc1ccc(C)cc1. The van der Waals surface area contributed by atoms with Gasteiger partial charge in [0.15, 0.2) is 18.1 Å². The Balaban J connectivity index is 1.85. The molecule has 3 aromatic rings. The second-order valence-corrected chi connectivity index (χ2v) is 6.73. The van der Waals surface area contributed by atoms with Gasteiger partial charge in [-0.1, -0.05) is 48.0 Å². The molecule has 0 aromatic heterocycles. The largest absolute Gasteiger partial charge is 0.493 e. The lowest BCUT2D eigenvalue weighted by Crippen LogP contribution is -2.20. The van der Waals surface area contributed by atoms with Crippen LogP contribution in [0.25, 0.3) is 11.6 Å². The Morgan fingerprint density at radius 2 is 1.84 bits per heavy atom. The zero-order chi connectivity index (χ0) is 22.2. The Hall–Kier alpha value is -4.11. The van der Waals surface area contributed by atoms with Crippen LogP contribution in [0, 0.1) is 24.1 Å². The normalized spacial score (nSPS) is 10.8. The van der Waals surface area contributed by atoms with Crippen LogP contribution < -0.4 is 14.8 Å². The number of anilines is 1. The van der Waals surface area contributed by atoms with Crippen LogP contribution in [0.2, 0.25) is 0 Å². The van der Waals surface area contributed by atoms with Crippen molar-refractivity contribution in [3.8, 4) is 17.6 Å². The van der Waals surface area contributed by atoms with Gasteiger partial charge in [-0.3, -0.25) is 4.79 Å². The third-order valence-corrected chi connectivity index (χ3v) is 4.50. The van der Waals surface area contributed by atoms with Gasteiger partial charge in [0.25, 0.3) is 5.91 Å². The maximum atomic E-state index is 14.2. The lowest BCUT2D eigenvalue weighted by molar-refractivity contribution is -0.118. The summed E-state index contributed by atoms with van der Waals surface area (Å²) in [7, 11) is 1.48. The molecule has 0 fully saturated rings. The van der Waals surface area contributed by atoms with Crippen molar-refractivity contribution in [2.45, 2.75) is 6.92 Å². The van der Waals surface area contributed by atoms with Crippen LogP contribution in [0.15, 0.2) is 66.7 Å². The number of carbonyl (C=O) groups is 1. The van der Waals surface area contributed by atoms with E-state index in [0.29, 0.717) is 17.0 Å². The summed E-state index contributed by atoms with van der Waals surface area (Å²) in [5, 5.41) is 12.3. The minimum Gasteiger partial charge on any atom is -0.493 e. The van der Waals surface area contributed by atoms with Gasteiger partial charge in [0, 0.05) is 16.8 Å². The van der Waals surface area contributed by atoms with Gasteiger partial charge in [0.2, 0.25) is 0 Å². The highest BCUT2D eigenvalue weighted by atomic mass is 19.1. The van der Waals surface area contributed by atoms with E-state index in [1.54, 1.807) is 42.5 Å². The molecular formula is C25H21FN2O3. The molecule has 0 atom stereocenters. The van der Waals surface area contributed by atoms with Gasteiger partial charge in [0.1, 0.15) is 5.82 Å². The molecule has 0 heterocycles. The number of methoxy groups -OCH3 is 1. The second kappa shape index (κ2) is 10.1. The zero-order valence-electron chi connectivity index (χ0n) is 17.2. The molecule has 0 saturated carbocycles. The maximum Gasteiger partial charge on any atom is 0.262 e. The second-order valence-electron chi connectivity index (χ2n) is 6.73. The monoisotopic (exact) mass is 416 g/mol. The predicted octanol–water partition coefficient (Wildman–Crippen LogP) is 5.22. The number of ether oxygens (including phenoxy) is 2. The molecule has 5 nitrogen and oxygen atoms in total. The van der Waals surface area contributed by atoms with E-state index >= 15 is 0 Å². The Morgan fingerprint density at radius 1 is 1.10 bits per heavy atom. The molecule has 3 aromatic carbocycles. The zero-order valence-corrected chi connectivity index (χ0v) is 17.2. The number of carbonyl (C=O) groups excluding carboxylic acids is 1. The number of nitrogens with zero attached hydrogens (tertiary/aromatic N) is 1. The standard InChI is InChI=1S/C25H21FN2O3/c1-17-10-12-20(13-11-17)28-24(29)16-31-25-18(6-5-9-23(25)30-2)14-19(15-27)21-7-3-4-8-22(21)26/h3-14H,16H2,1-2H3,(H,28,29). The molecule has 0 aliphatic heterocycles. The minimum atomic E-state index is -0.502. The van der Waals surface area contributed by atoms with E-state index in [0.717, 1.165) is 5.56 Å². The summed E-state index contributed by atoms with van der Waals surface area (Å²) < 4.78 is 25.3. The first kappa shape index (κ1) is 21.6. The summed E-state index contributed by atoms with van der Waals surface area (Å²) in [4.78, 5) is 12.3. The molecule has 1 N–H and O–H groups in total. The molecule has 0 bridgehead atoms. The molecular weight excluding hydrogens is 395 g/mol. The number of rotatable bonds is 7. The number of benzene rings is 3. The Bertz CT molecular complexity index is 1150. The summed E-state index contributed by atoms with van der Waals surface area (Å²) in [6, 6.07) is 20.6. The minimum absolute atomic E-state index is 0.125. The molecule has 1 amide bonds. The summed E-state index contributed by atoms with van der Waals surface area (Å²) in [6.45, 7) is 1.69. The van der Waals surface area contributed by atoms with Gasteiger partial charge in [-0.25, -0.2) is 4.39 Å². The third-order valence-electron chi connectivity index (χ3n) is 4.50. The highest BCUT2D eigenvalue weighted by Gasteiger charge is 2.14. The number of nitrogens with one attached hydrogen (secondary N) is 1. The summed E-state index contributed by atoms with van der Waals surface area (Å²) in [5.74, 6) is -0.173. The third kappa shape index (κ3) is 5.49. The van der Waals surface area contributed by atoms with E-state index in [-0.39, 0.29) is 29.4 Å². The summed E-state index contributed by atoms with van der Waals surface area (Å²) in [6.07, 6.45) is 1.51. The number of hydrogen-bond acceptors (Lipinski definition) is 4. The molecule has 0 unspecified atom stereocenters. The van der Waals surface area contributed by atoms with Crippen LogP contribution in [0.1, 0.15) is 16.7 Å². The van der Waals surface area contributed by atoms with E-state index in [1.165, 1.54) is 25.3 Å². The van der Waals surface area contributed by atoms with Crippen molar-refractivity contribution in [1.82, 2.24) is 0 Å². The number of para-hydroxylation sites is 1. The van der Waals surface area contributed by atoms with Gasteiger partial charge in [-0.2, -0.15) is 5.26 Å².